The second kappa shape index (κ2) is 6.73. The van der Waals surface area contributed by atoms with Gasteiger partial charge in [0.05, 0.1) is 23.9 Å². The van der Waals surface area contributed by atoms with Gasteiger partial charge in [0.25, 0.3) is 0 Å². The first kappa shape index (κ1) is 17.0. The van der Waals surface area contributed by atoms with Crippen LogP contribution >= 0.6 is 0 Å². The van der Waals surface area contributed by atoms with Gasteiger partial charge in [-0.1, -0.05) is 36.4 Å². The number of benzene rings is 2. The van der Waals surface area contributed by atoms with E-state index in [9.17, 15) is 13.2 Å². The lowest BCUT2D eigenvalue weighted by molar-refractivity contribution is 0.0601. The highest BCUT2D eigenvalue weighted by Gasteiger charge is 2.15. The smallest absolute Gasteiger partial charge is 0.337 e. The summed E-state index contributed by atoms with van der Waals surface area (Å²) in [5.41, 5.74) is 2.66. The monoisotopic (exact) mass is 379 g/mol. The quantitative estimate of drug-likeness (QED) is 0.253. The standard InChI is InChI=1S/C19H13N3O4S/c1-26-18(23)12-7-8-13-14-10-20-19(27(24)25)22-17(14)16(21-15(13)9-12)11-5-3-2-4-6-11/h2-10,27H,1H3. The van der Waals surface area contributed by atoms with Crippen molar-refractivity contribution in [3.05, 3.63) is 60.3 Å². The van der Waals surface area contributed by atoms with Crippen LogP contribution in [0.3, 0.4) is 0 Å². The minimum atomic E-state index is -2.92. The molecule has 2 aromatic heterocycles. The second-order valence-corrected chi connectivity index (χ2v) is 6.65. The summed E-state index contributed by atoms with van der Waals surface area (Å²) in [7, 11) is -1.61. The molecule has 7 nitrogen and oxygen atoms in total. The Balaban J connectivity index is 2.11. The maximum Gasteiger partial charge on any atom is 0.337 e. The van der Waals surface area contributed by atoms with Crippen molar-refractivity contribution >= 4 is 38.5 Å². The van der Waals surface area contributed by atoms with Crippen molar-refractivity contribution in [2.75, 3.05) is 7.11 Å². The van der Waals surface area contributed by atoms with Crippen molar-refractivity contribution in [2.24, 2.45) is 0 Å². The van der Waals surface area contributed by atoms with Crippen molar-refractivity contribution in [2.45, 2.75) is 5.16 Å². The fraction of sp³-hybridized carbons (Fsp3) is 0.0526. The number of aromatic nitrogens is 3. The average molecular weight is 379 g/mol. The van der Waals surface area contributed by atoms with E-state index in [0.717, 1.165) is 5.56 Å². The molecule has 4 rings (SSSR count). The number of carbonyl (C=O) groups is 1. The van der Waals surface area contributed by atoms with Crippen LogP contribution in [0.25, 0.3) is 33.1 Å². The second-order valence-electron chi connectivity index (χ2n) is 5.74. The molecule has 0 saturated carbocycles. The summed E-state index contributed by atoms with van der Waals surface area (Å²) in [6, 6.07) is 14.3. The predicted octanol–water partition coefficient (Wildman–Crippen LogP) is 2.60. The first-order valence-electron chi connectivity index (χ1n) is 7.97. The van der Waals surface area contributed by atoms with E-state index in [1.165, 1.54) is 13.3 Å². The molecule has 0 unspecified atom stereocenters. The fourth-order valence-electron chi connectivity index (χ4n) is 2.91. The van der Waals surface area contributed by atoms with Gasteiger partial charge in [0.1, 0.15) is 5.52 Å². The summed E-state index contributed by atoms with van der Waals surface area (Å²) >= 11 is 0. The number of ether oxygens (including phenoxy) is 1. The van der Waals surface area contributed by atoms with E-state index in [1.807, 2.05) is 30.3 Å². The lowest BCUT2D eigenvalue weighted by Gasteiger charge is -2.10. The Morgan fingerprint density at radius 2 is 1.78 bits per heavy atom. The first-order chi connectivity index (χ1) is 13.1. The van der Waals surface area contributed by atoms with Gasteiger partial charge in [-0.15, -0.1) is 0 Å². The average Bonchev–Trinajstić information content (AvgIpc) is 2.72. The number of carbonyl (C=O) groups excluding carboxylic acids is 1. The minimum Gasteiger partial charge on any atom is -0.465 e. The molecule has 2 heterocycles. The molecule has 0 aliphatic carbocycles. The van der Waals surface area contributed by atoms with Gasteiger partial charge in [-0.3, -0.25) is 0 Å². The van der Waals surface area contributed by atoms with Gasteiger partial charge in [0, 0.05) is 22.5 Å². The molecule has 0 saturated heterocycles. The van der Waals surface area contributed by atoms with Crippen LogP contribution in [0.15, 0.2) is 59.9 Å². The molecule has 2 aromatic carbocycles. The summed E-state index contributed by atoms with van der Waals surface area (Å²) in [6.45, 7) is 0. The highest BCUT2D eigenvalue weighted by molar-refractivity contribution is 7.72. The molecule has 0 bridgehead atoms. The number of hydrogen-bond acceptors (Lipinski definition) is 7. The van der Waals surface area contributed by atoms with Gasteiger partial charge in [-0.2, -0.15) is 0 Å². The third kappa shape index (κ3) is 3.00. The summed E-state index contributed by atoms with van der Waals surface area (Å²) in [6.07, 6.45) is 1.47. The number of nitrogens with zero attached hydrogens (tertiary/aromatic N) is 3. The van der Waals surface area contributed by atoms with Crippen molar-refractivity contribution < 1.29 is 17.9 Å². The molecule has 27 heavy (non-hydrogen) atoms. The van der Waals surface area contributed by atoms with Crippen LogP contribution < -0.4 is 0 Å². The number of pyridine rings is 1. The third-order valence-electron chi connectivity index (χ3n) is 4.15. The molecule has 0 fully saturated rings. The van der Waals surface area contributed by atoms with Gasteiger partial charge in [0.15, 0.2) is 0 Å². The van der Waals surface area contributed by atoms with Crippen LogP contribution in [-0.2, 0) is 15.4 Å². The maximum atomic E-state index is 11.9. The highest BCUT2D eigenvalue weighted by Crippen LogP contribution is 2.31. The van der Waals surface area contributed by atoms with Gasteiger partial charge >= 0.3 is 5.97 Å². The molecule has 134 valence electrons. The molecular formula is C19H13N3O4S. The topological polar surface area (TPSA) is 99.1 Å². The molecule has 0 N–H and O–H groups in total. The van der Waals surface area contributed by atoms with Crippen LogP contribution in [0.5, 0.6) is 0 Å². The zero-order valence-corrected chi connectivity index (χ0v) is 15.0. The predicted molar refractivity (Wildman–Crippen MR) is 100 cm³/mol. The molecule has 0 amide bonds. The zero-order valence-electron chi connectivity index (χ0n) is 14.1. The van der Waals surface area contributed by atoms with Crippen molar-refractivity contribution in [3.8, 4) is 11.3 Å². The first-order valence-corrected chi connectivity index (χ1v) is 9.15. The highest BCUT2D eigenvalue weighted by atomic mass is 32.2. The van der Waals surface area contributed by atoms with E-state index in [-0.39, 0.29) is 5.16 Å². The molecular weight excluding hydrogens is 366 g/mol. The molecule has 0 aliphatic rings. The maximum absolute atomic E-state index is 11.9. The SMILES string of the molecule is COC(=O)c1ccc2c(c1)nc(-c1ccccc1)c1nc([SH](=O)=O)ncc12. The van der Waals surface area contributed by atoms with Gasteiger partial charge in [-0.25, -0.2) is 28.2 Å². The number of methoxy groups -OCH3 is 1. The Hall–Kier alpha value is -3.39. The molecule has 8 heteroatoms. The summed E-state index contributed by atoms with van der Waals surface area (Å²) < 4.78 is 27.5. The van der Waals surface area contributed by atoms with E-state index in [1.54, 1.807) is 18.2 Å². The van der Waals surface area contributed by atoms with Crippen LogP contribution in [-0.4, -0.2) is 36.4 Å². The molecule has 0 aliphatic heterocycles. The number of esters is 1. The largest absolute Gasteiger partial charge is 0.465 e. The number of fused-ring (bicyclic) bond motifs is 3. The van der Waals surface area contributed by atoms with Crippen molar-refractivity contribution in [1.82, 2.24) is 15.0 Å². The summed E-state index contributed by atoms with van der Waals surface area (Å²) in [5, 5.41) is 1.10. The van der Waals surface area contributed by atoms with Crippen LogP contribution in [0, 0.1) is 0 Å². The fourth-order valence-corrected chi connectivity index (χ4v) is 3.24. The number of thiol groups is 1. The molecule has 0 atom stereocenters. The zero-order chi connectivity index (χ0) is 19.0. The van der Waals surface area contributed by atoms with Crippen molar-refractivity contribution in [3.63, 3.8) is 0 Å². The van der Waals surface area contributed by atoms with Gasteiger partial charge in [-0.05, 0) is 12.1 Å². The third-order valence-corrected chi connectivity index (χ3v) is 4.69. The van der Waals surface area contributed by atoms with E-state index in [2.05, 4.69) is 15.0 Å². The van der Waals surface area contributed by atoms with E-state index in [4.69, 9.17) is 4.74 Å². The van der Waals surface area contributed by atoms with E-state index >= 15 is 0 Å². The van der Waals surface area contributed by atoms with Gasteiger partial charge < -0.3 is 4.74 Å². The lowest BCUT2D eigenvalue weighted by Crippen LogP contribution is -2.02. The Morgan fingerprint density at radius 1 is 1.00 bits per heavy atom. The Kier molecular flexibility index (Phi) is 4.25. The van der Waals surface area contributed by atoms with E-state index in [0.29, 0.717) is 33.1 Å². The van der Waals surface area contributed by atoms with Crippen LogP contribution in [0.4, 0.5) is 0 Å². The normalized spacial score (nSPS) is 11.2. The van der Waals surface area contributed by atoms with Crippen molar-refractivity contribution in [1.29, 1.82) is 0 Å². The number of rotatable bonds is 3. The number of hydrogen-bond donors (Lipinski definition) is 1. The van der Waals surface area contributed by atoms with Crippen LogP contribution in [0.2, 0.25) is 0 Å². The Labute approximate surface area is 155 Å². The molecule has 0 spiro atoms. The summed E-state index contributed by atoms with van der Waals surface area (Å²) in [5.74, 6) is -0.463. The van der Waals surface area contributed by atoms with Gasteiger partial charge in [0.2, 0.25) is 15.9 Å². The Bertz CT molecular complexity index is 1260. The molecule has 4 aromatic rings. The van der Waals surface area contributed by atoms with Crippen LogP contribution in [0.1, 0.15) is 10.4 Å². The van der Waals surface area contributed by atoms with E-state index < -0.39 is 16.7 Å². The lowest BCUT2D eigenvalue weighted by atomic mass is 10.0. The Morgan fingerprint density at radius 3 is 2.48 bits per heavy atom. The molecule has 0 radical (unpaired) electrons. The summed E-state index contributed by atoms with van der Waals surface area (Å²) in [4.78, 5) is 24.7. The minimum absolute atomic E-state index is 0.262.